The van der Waals surface area contributed by atoms with Crippen molar-refractivity contribution in [1.29, 1.82) is 0 Å². The zero-order chi connectivity index (χ0) is 13.1. The second-order valence-corrected chi connectivity index (χ2v) is 4.43. The fraction of sp³-hybridized carbons (Fsp3) is 0.154. The Bertz CT molecular complexity index is 649. The van der Waals surface area contributed by atoms with Crippen LogP contribution in [0.1, 0.15) is 16.8 Å². The van der Waals surface area contributed by atoms with Gasteiger partial charge in [-0.15, -0.1) is 0 Å². The Hall–Kier alpha value is -2.01. The van der Waals surface area contributed by atoms with Crippen molar-refractivity contribution in [2.45, 2.75) is 13.5 Å². The van der Waals surface area contributed by atoms with Gasteiger partial charge in [-0.1, -0.05) is 18.3 Å². The molecular weight excluding hydrogens is 246 g/mol. The molecular formula is C13H13N3OS. The first-order valence-electron chi connectivity index (χ1n) is 5.49. The lowest BCUT2D eigenvalue weighted by Gasteiger charge is -2.08. The zero-order valence-corrected chi connectivity index (χ0v) is 10.8. The van der Waals surface area contributed by atoms with Gasteiger partial charge < -0.3 is 10.3 Å². The van der Waals surface area contributed by atoms with E-state index in [0.29, 0.717) is 12.1 Å². The highest BCUT2D eigenvalue weighted by molar-refractivity contribution is 7.80. The van der Waals surface area contributed by atoms with Crippen molar-refractivity contribution in [1.82, 2.24) is 9.55 Å². The van der Waals surface area contributed by atoms with E-state index in [2.05, 4.69) is 4.98 Å². The summed E-state index contributed by atoms with van der Waals surface area (Å²) >= 11 is 4.85. The van der Waals surface area contributed by atoms with E-state index < -0.39 is 0 Å². The third kappa shape index (κ3) is 2.46. The number of hydrogen-bond acceptors (Lipinski definition) is 3. The largest absolute Gasteiger partial charge is 0.389 e. The SMILES string of the molecule is Cc1cccnc1Cn1cccc(C(N)=S)c1=O. The van der Waals surface area contributed by atoms with Gasteiger partial charge in [-0.2, -0.15) is 0 Å². The molecule has 18 heavy (non-hydrogen) atoms. The molecule has 2 aromatic rings. The quantitative estimate of drug-likeness (QED) is 0.842. The van der Waals surface area contributed by atoms with Crippen LogP contribution < -0.4 is 11.3 Å². The molecule has 2 N–H and O–H groups in total. The van der Waals surface area contributed by atoms with Crippen LogP contribution in [-0.4, -0.2) is 14.5 Å². The minimum Gasteiger partial charge on any atom is -0.389 e. The van der Waals surface area contributed by atoms with Crippen LogP contribution in [-0.2, 0) is 6.54 Å². The van der Waals surface area contributed by atoms with Crippen molar-refractivity contribution in [3.63, 3.8) is 0 Å². The number of hydrogen-bond donors (Lipinski definition) is 1. The second kappa shape index (κ2) is 5.10. The Morgan fingerprint density at radius 3 is 2.89 bits per heavy atom. The van der Waals surface area contributed by atoms with Gasteiger partial charge in [-0.05, 0) is 30.7 Å². The maximum Gasteiger partial charge on any atom is 0.261 e. The van der Waals surface area contributed by atoms with E-state index >= 15 is 0 Å². The Labute approximate surface area is 110 Å². The summed E-state index contributed by atoms with van der Waals surface area (Å²) in [5.41, 5.74) is 7.59. The molecule has 0 unspecified atom stereocenters. The van der Waals surface area contributed by atoms with Gasteiger partial charge in [0.25, 0.3) is 5.56 Å². The highest BCUT2D eigenvalue weighted by Gasteiger charge is 2.07. The molecule has 0 atom stereocenters. The minimum atomic E-state index is -0.185. The van der Waals surface area contributed by atoms with Crippen LogP contribution in [0.25, 0.3) is 0 Å². The van der Waals surface area contributed by atoms with Crippen LogP contribution in [0.4, 0.5) is 0 Å². The van der Waals surface area contributed by atoms with E-state index in [0.717, 1.165) is 11.3 Å². The molecule has 0 bridgehead atoms. The zero-order valence-electron chi connectivity index (χ0n) is 9.96. The topological polar surface area (TPSA) is 60.9 Å². The second-order valence-electron chi connectivity index (χ2n) is 3.99. The summed E-state index contributed by atoms with van der Waals surface area (Å²) in [5.74, 6) is 0. The number of thiocarbonyl (C=S) groups is 1. The van der Waals surface area contributed by atoms with Gasteiger partial charge in [-0.25, -0.2) is 0 Å². The predicted octanol–water partition coefficient (Wildman–Crippen LogP) is 1.23. The van der Waals surface area contributed by atoms with E-state index in [9.17, 15) is 4.79 Å². The Kier molecular flexibility index (Phi) is 3.53. The maximum absolute atomic E-state index is 12.1. The smallest absolute Gasteiger partial charge is 0.261 e. The van der Waals surface area contributed by atoms with E-state index in [1.165, 1.54) is 0 Å². The van der Waals surface area contributed by atoms with Crippen LogP contribution in [0.5, 0.6) is 0 Å². The summed E-state index contributed by atoms with van der Waals surface area (Å²) < 4.78 is 1.56. The third-order valence-corrected chi connectivity index (χ3v) is 2.94. The third-order valence-electron chi connectivity index (χ3n) is 2.72. The molecule has 0 fully saturated rings. The number of nitrogens with zero attached hydrogens (tertiary/aromatic N) is 2. The van der Waals surface area contributed by atoms with E-state index in [-0.39, 0.29) is 10.5 Å². The monoisotopic (exact) mass is 259 g/mol. The molecule has 2 heterocycles. The van der Waals surface area contributed by atoms with Gasteiger partial charge in [0.1, 0.15) is 4.99 Å². The molecule has 0 aliphatic carbocycles. The van der Waals surface area contributed by atoms with Crippen LogP contribution >= 0.6 is 12.2 Å². The van der Waals surface area contributed by atoms with E-state index in [1.54, 1.807) is 29.1 Å². The molecule has 0 saturated carbocycles. The van der Waals surface area contributed by atoms with Crippen molar-refractivity contribution in [3.8, 4) is 0 Å². The molecule has 92 valence electrons. The van der Waals surface area contributed by atoms with Gasteiger partial charge >= 0.3 is 0 Å². The van der Waals surface area contributed by atoms with Crippen LogP contribution in [0.3, 0.4) is 0 Å². The van der Waals surface area contributed by atoms with Crippen molar-refractivity contribution >= 4 is 17.2 Å². The molecule has 2 aromatic heterocycles. The lowest BCUT2D eigenvalue weighted by Crippen LogP contribution is -2.29. The normalized spacial score (nSPS) is 10.3. The average Bonchev–Trinajstić information content (AvgIpc) is 2.34. The number of aryl methyl sites for hydroxylation is 1. The molecule has 0 aromatic carbocycles. The number of aromatic nitrogens is 2. The molecule has 0 spiro atoms. The first-order valence-corrected chi connectivity index (χ1v) is 5.90. The standard InChI is InChI=1S/C13H13N3OS/c1-9-4-2-6-15-11(9)8-16-7-3-5-10(12(14)18)13(16)17/h2-7H,8H2,1H3,(H2,14,18). The van der Waals surface area contributed by atoms with Gasteiger partial charge in [0, 0.05) is 12.4 Å². The first kappa shape index (κ1) is 12.4. The average molecular weight is 259 g/mol. The Morgan fingerprint density at radius 1 is 1.44 bits per heavy atom. The van der Waals surface area contributed by atoms with E-state index in [1.807, 2.05) is 19.1 Å². The van der Waals surface area contributed by atoms with Crippen molar-refractivity contribution in [2.75, 3.05) is 0 Å². The maximum atomic E-state index is 12.1. The van der Waals surface area contributed by atoms with Crippen LogP contribution in [0.15, 0.2) is 41.5 Å². The number of nitrogens with two attached hydrogens (primary N) is 1. The Morgan fingerprint density at radius 2 is 2.22 bits per heavy atom. The summed E-state index contributed by atoms with van der Waals surface area (Å²) in [5, 5.41) is 0. The molecule has 0 saturated heterocycles. The lowest BCUT2D eigenvalue weighted by molar-refractivity contribution is 0.733. The van der Waals surface area contributed by atoms with Gasteiger partial charge in [0.15, 0.2) is 0 Å². The predicted molar refractivity (Wildman–Crippen MR) is 74.7 cm³/mol. The first-order chi connectivity index (χ1) is 8.59. The van der Waals surface area contributed by atoms with E-state index in [4.69, 9.17) is 18.0 Å². The van der Waals surface area contributed by atoms with Crippen molar-refractivity contribution < 1.29 is 0 Å². The molecule has 0 amide bonds. The highest BCUT2D eigenvalue weighted by Crippen LogP contribution is 2.04. The summed E-state index contributed by atoms with van der Waals surface area (Å²) in [6, 6.07) is 7.22. The molecule has 5 heteroatoms. The molecule has 4 nitrogen and oxygen atoms in total. The summed E-state index contributed by atoms with van der Waals surface area (Å²) in [6.45, 7) is 2.38. The molecule has 0 aliphatic rings. The summed E-state index contributed by atoms with van der Waals surface area (Å²) in [6.07, 6.45) is 3.42. The van der Waals surface area contributed by atoms with Gasteiger partial charge in [-0.3, -0.25) is 9.78 Å². The summed E-state index contributed by atoms with van der Waals surface area (Å²) in [4.78, 5) is 16.5. The Balaban J connectivity index is 2.42. The van der Waals surface area contributed by atoms with Gasteiger partial charge in [0.05, 0.1) is 17.8 Å². The van der Waals surface area contributed by atoms with Crippen molar-refractivity contribution in [2.24, 2.45) is 5.73 Å². The summed E-state index contributed by atoms with van der Waals surface area (Å²) in [7, 11) is 0. The number of pyridine rings is 2. The number of rotatable bonds is 3. The van der Waals surface area contributed by atoms with Crippen molar-refractivity contribution in [3.05, 3.63) is 63.8 Å². The molecule has 0 aliphatic heterocycles. The van der Waals surface area contributed by atoms with Gasteiger partial charge in [0.2, 0.25) is 0 Å². The fourth-order valence-corrected chi connectivity index (χ4v) is 1.85. The van der Waals surface area contributed by atoms with Crippen LogP contribution in [0.2, 0.25) is 0 Å². The molecule has 0 radical (unpaired) electrons. The highest BCUT2D eigenvalue weighted by atomic mass is 32.1. The molecule has 2 rings (SSSR count). The van der Waals surface area contributed by atoms with Crippen LogP contribution in [0, 0.1) is 6.92 Å². The fourth-order valence-electron chi connectivity index (χ4n) is 1.69. The minimum absolute atomic E-state index is 0.118. The lowest BCUT2D eigenvalue weighted by atomic mass is 10.2.